The van der Waals surface area contributed by atoms with E-state index in [-0.39, 0.29) is 5.56 Å². The van der Waals surface area contributed by atoms with Gasteiger partial charge in [0, 0.05) is 0 Å². The summed E-state index contributed by atoms with van der Waals surface area (Å²) in [6.45, 7) is 0. The Kier molecular flexibility index (Phi) is 2.09. The minimum Gasteiger partial charge on any atom is -0.478 e. The molecule has 90 valence electrons. The number of aromatic nitrogens is 3. The molecule has 2 aromatic heterocycles. The molecule has 18 heavy (non-hydrogen) atoms. The maximum absolute atomic E-state index is 10.9. The van der Waals surface area contributed by atoms with E-state index in [0.29, 0.717) is 22.7 Å². The van der Waals surface area contributed by atoms with Gasteiger partial charge in [-0.2, -0.15) is 0 Å². The molecule has 2 heterocycles. The molecular formula is C12H10N4O2. The Morgan fingerprint density at radius 1 is 1.22 bits per heavy atom. The molecule has 0 fully saturated rings. The van der Waals surface area contributed by atoms with E-state index >= 15 is 0 Å². The lowest BCUT2D eigenvalue weighted by molar-refractivity contribution is 0.0697. The fraction of sp³-hybridized carbons (Fsp3) is 0. The summed E-state index contributed by atoms with van der Waals surface area (Å²) < 4.78 is 0. The van der Waals surface area contributed by atoms with Gasteiger partial charge in [-0.05, 0) is 30.3 Å². The minimum atomic E-state index is -0.961. The first-order chi connectivity index (χ1) is 8.63. The first kappa shape index (κ1) is 10.4. The fourth-order valence-electron chi connectivity index (χ4n) is 1.82. The van der Waals surface area contributed by atoms with E-state index in [0.717, 1.165) is 5.69 Å². The van der Waals surface area contributed by atoms with Crippen LogP contribution in [0.1, 0.15) is 10.4 Å². The lowest BCUT2D eigenvalue weighted by Gasteiger charge is -1.92. The zero-order valence-corrected chi connectivity index (χ0v) is 9.27. The monoisotopic (exact) mass is 242 g/mol. The number of rotatable bonds is 2. The molecule has 6 heteroatoms. The van der Waals surface area contributed by atoms with Gasteiger partial charge in [0.05, 0.1) is 22.3 Å². The molecular weight excluding hydrogens is 232 g/mol. The van der Waals surface area contributed by atoms with E-state index in [1.54, 1.807) is 18.2 Å². The van der Waals surface area contributed by atoms with Gasteiger partial charge in [-0.25, -0.2) is 9.78 Å². The SMILES string of the molecule is Nc1ccc(-c2nc3ccc(C(=O)O)cc3[nH]2)[nH]1. The van der Waals surface area contributed by atoms with Crippen molar-refractivity contribution < 1.29 is 9.90 Å². The summed E-state index contributed by atoms with van der Waals surface area (Å²) in [4.78, 5) is 21.2. The predicted octanol–water partition coefficient (Wildman–Crippen LogP) is 1.84. The highest BCUT2D eigenvalue weighted by atomic mass is 16.4. The van der Waals surface area contributed by atoms with Crippen LogP contribution in [0.15, 0.2) is 30.3 Å². The first-order valence-electron chi connectivity index (χ1n) is 5.31. The molecule has 5 N–H and O–H groups in total. The number of hydrogen-bond acceptors (Lipinski definition) is 3. The fourth-order valence-corrected chi connectivity index (χ4v) is 1.82. The van der Waals surface area contributed by atoms with Crippen molar-refractivity contribution in [3.8, 4) is 11.5 Å². The third kappa shape index (κ3) is 1.60. The summed E-state index contributed by atoms with van der Waals surface area (Å²) in [6, 6.07) is 8.31. The Morgan fingerprint density at radius 3 is 2.72 bits per heavy atom. The number of imidazole rings is 1. The highest BCUT2D eigenvalue weighted by Gasteiger charge is 2.09. The van der Waals surface area contributed by atoms with Gasteiger partial charge in [-0.1, -0.05) is 0 Å². The van der Waals surface area contributed by atoms with Crippen LogP contribution in [0.5, 0.6) is 0 Å². The quantitative estimate of drug-likeness (QED) is 0.549. The molecule has 0 saturated heterocycles. The standard InChI is InChI=1S/C12H10N4O2/c13-10-4-3-8(14-10)11-15-7-2-1-6(12(17)18)5-9(7)16-11/h1-5,14H,13H2,(H,15,16)(H,17,18). The van der Waals surface area contributed by atoms with Crippen LogP contribution in [-0.2, 0) is 0 Å². The number of H-pyrrole nitrogens is 2. The highest BCUT2D eigenvalue weighted by Crippen LogP contribution is 2.21. The van der Waals surface area contributed by atoms with Crippen molar-refractivity contribution in [2.24, 2.45) is 0 Å². The summed E-state index contributed by atoms with van der Waals surface area (Å²) in [5.74, 6) is 0.220. The maximum Gasteiger partial charge on any atom is 0.335 e. The summed E-state index contributed by atoms with van der Waals surface area (Å²) in [7, 11) is 0. The van der Waals surface area contributed by atoms with Gasteiger partial charge in [0.1, 0.15) is 5.82 Å². The summed E-state index contributed by atoms with van der Waals surface area (Å²) >= 11 is 0. The largest absolute Gasteiger partial charge is 0.478 e. The Bertz CT molecular complexity index is 741. The first-order valence-corrected chi connectivity index (χ1v) is 5.31. The third-order valence-corrected chi connectivity index (χ3v) is 2.69. The van der Waals surface area contributed by atoms with Crippen LogP contribution in [0.4, 0.5) is 5.82 Å². The van der Waals surface area contributed by atoms with Crippen molar-refractivity contribution in [3.63, 3.8) is 0 Å². The molecule has 0 amide bonds. The van der Waals surface area contributed by atoms with E-state index in [1.807, 2.05) is 6.07 Å². The second-order valence-electron chi connectivity index (χ2n) is 3.95. The van der Waals surface area contributed by atoms with Gasteiger partial charge in [0.2, 0.25) is 0 Å². The zero-order chi connectivity index (χ0) is 12.7. The number of carbonyl (C=O) groups is 1. The number of aromatic amines is 2. The van der Waals surface area contributed by atoms with Crippen molar-refractivity contribution in [1.29, 1.82) is 0 Å². The number of nitrogens with zero attached hydrogens (tertiary/aromatic N) is 1. The van der Waals surface area contributed by atoms with Crippen LogP contribution in [0.2, 0.25) is 0 Å². The normalized spacial score (nSPS) is 10.9. The molecule has 0 atom stereocenters. The lowest BCUT2D eigenvalue weighted by Crippen LogP contribution is -1.94. The van der Waals surface area contributed by atoms with Gasteiger partial charge in [-0.3, -0.25) is 0 Å². The van der Waals surface area contributed by atoms with E-state index in [9.17, 15) is 4.79 Å². The molecule has 0 saturated carbocycles. The molecule has 0 aliphatic heterocycles. The second-order valence-corrected chi connectivity index (χ2v) is 3.95. The molecule has 0 bridgehead atoms. The van der Waals surface area contributed by atoms with Gasteiger partial charge < -0.3 is 20.8 Å². The molecule has 0 spiro atoms. The van der Waals surface area contributed by atoms with E-state index in [1.165, 1.54) is 6.07 Å². The number of benzene rings is 1. The van der Waals surface area contributed by atoms with E-state index in [4.69, 9.17) is 10.8 Å². The number of aromatic carboxylic acids is 1. The van der Waals surface area contributed by atoms with Crippen molar-refractivity contribution in [1.82, 2.24) is 15.0 Å². The predicted molar refractivity (Wildman–Crippen MR) is 67.3 cm³/mol. The Hall–Kier alpha value is -2.76. The van der Waals surface area contributed by atoms with Crippen LogP contribution >= 0.6 is 0 Å². The van der Waals surface area contributed by atoms with Gasteiger partial charge in [-0.15, -0.1) is 0 Å². The van der Waals surface area contributed by atoms with Crippen LogP contribution in [0, 0.1) is 0 Å². The molecule has 0 aliphatic rings. The van der Waals surface area contributed by atoms with Gasteiger partial charge in [0.15, 0.2) is 5.82 Å². The minimum absolute atomic E-state index is 0.226. The average Bonchev–Trinajstić information content (AvgIpc) is 2.93. The number of fused-ring (bicyclic) bond motifs is 1. The van der Waals surface area contributed by atoms with Crippen LogP contribution in [0.25, 0.3) is 22.6 Å². The van der Waals surface area contributed by atoms with E-state index < -0.39 is 5.97 Å². The lowest BCUT2D eigenvalue weighted by atomic mass is 10.2. The Labute approximate surface area is 101 Å². The second kappa shape index (κ2) is 3.63. The van der Waals surface area contributed by atoms with Crippen molar-refractivity contribution in [2.75, 3.05) is 5.73 Å². The van der Waals surface area contributed by atoms with Crippen molar-refractivity contribution in [3.05, 3.63) is 35.9 Å². The Balaban J connectivity index is 2.13. The molecule has 0 aliphatic carbocycles. The average molecular weight is 242 g/mol. The van der Waals surface area contributed by atoms with E-state index in [2.05, 4.69) is 15.0 Å². The summed E-state index contributed by atoms with van der Waals surface area (Å²) in [6.07, 6.45) is 0. The number of carboxylic acid groups (broad SMARTS) is 1. The molecule has 0 radical (unpaired) electrons. The third-order valence-electron chi connectivity index (χ3n) is 2.69. The summed E-state index contributed by atoms with van der Waals surface area (Å²) in [5, 5.41) is 8.91. The molecule has 6 nitrogen and oxygen atoms in total. The molecule has 0 unspecified atom stereocenters. The number of carboxylic acids is 1. The zero-order valence-electron chi connectivity index (χ0n) is 9.27. The number of anilines is 1. The molecule has 1 aromatic carbocycles. The summed E-state index contributed by atoms with van der Waals surface area (Å²) in [5.41, 5.74) is 7.98. The highest BCUT2D eigenvalue weighted by molar-refractivity contribution is 5.92. The van der Waals surface area contributed by atoms with Gasteiger partial charge >= 0.3 is 5.97 Å². The molecule has 3 rings (SSSR count). The maximum atomic E-state index is 10.9. The number of nitrogen functional groups attached to an aromatic ring is 1. The van der Waals surface area contributed by atoms with Crippen molar-refractivity contribution >= 4 is 22.8 Å². The topological polar surface area (TPSA) is 108 Å². The number of nitrogens with two attached hydrogens (primary N) is 1. The molecule has 3 aromatic rings. The van der Waals surface area contributed by atoms with Crippen LogP contribution < -0.4 is 5.73 Å². The van der Waals surface area contributed by atoms with Crippen LogP contribution in [-0.4, -0.2) is 26.0 Å². The number of nitrogens with one attached hydrogen (secondary N) is 2. The van der Waals surface area contributed by atoms with Crippen molar-refractivity contribution in [2.45, 2.75) is 0 Å². The smallest absolute Gasteiger partial charge is 0.335 e. The van der Waals surface area contributed by atoms with Gasteiger partial charge in [0.25, 0.3) is 0 Å². The van der Waals surface area contributed by atoms with Crippen LogP contribution in [0.3, 0.4) is 0 Å². The Morgan fingerprint density at radius 2 is 2.06 bits per heavy atom. The number of hydrogen-bond donors (Lipinski definition) is 4.